The molecule has 1 aliphatic rings. The first-order valence-electron chi connectivity index (χ1n) is 6.74. The molecule has 5 heteroatoms. The third-order valence-corrected chi connectivity index (χ3v) is 3.91. The van der Waals surface area contributed by atoms with Crippen LogP contribution in [0.15, 0.2) is 0 Å². The predicted octanol–water partition coefficient (Wildman–Crippen LogP) is 1.12. The Morgan fingerprint density at radius 1 is 1.39 bits per heavy atom. The normalized spacial score (nSPS) is 18.1. The zero-order chi connectivity index (χ0) is 13.6. The predicted molar refractivity (Wildman–Crippen MR) is 69.0 cm³/mol. The summed E-state index contributed by atoms with van der Waals surface area (Å²) < 4.78 is 0. The lowest BCUT2D eigenvalue weighted by Gasteiger charge is -2.16. The Morgan fingerprint density at radius 2 is 2.06 bits per heavy atom. The molecular formula is C13H24N2O3. The van der Waals surface area contributed by atoms with Gasteiger partial charge in [-0.25, -0.2) is 0 Å². The fourth-order valence-corrected chi connectivity index (χ4v) is 2.13. The van der Waals surface area contributed by atoms with Crippen LogP contribution in [0.5, 0.6) is 0 Å². The number of hydrogen-bond donors (Lipinski definition) is 3. The Balaban J connectivity index is 2.19. The zero-order valence-electron chi connectivity index (χ0n) is 11.1. The molecule has 0 aromatic carbocycles. The number of rotatable bonds is 9. The first-order chi connectivity index (χ1) is 8.54. The van der Waals surface area contributed by atoms with Crippen LogP contribution in [0, 0.1) is 11.3 Å². The maximum Gasteiger partial charge on any atom is 0.303 e. The standard InChI is InChI=1S/C13H24N2O3/c1-2-10(3-4-11(16)17)5-8-15-12(18)13(9-14)6-7-13/h10H,2-9,14H2,1H3,(H,15,18)(H,16,17). The highest BCUT2D eigenvalue weighted by Crippen LogP contribution is 2.44. The highest BCUT2D eigenvalue weighted by Gasteiger charge is 2.48. The molecular weight excluding hydrogens is 232 g/mol. The van der Waals surface area contributed by atoms with Crippen LogP contribution in [0.2, 0.25) is 0 Å². The zero-order valence-corrected chi connectivity index (χ0v) is 11.1. The van der Waals surface area contributed by atoms with E-state index in [2.05, 4.69) is 12.2 Å². The number of nitrogens with two attached hydrogens (primary N) is 1. The summed E-state index contributed by atoms with van der Waals surface area (Å²) in [5.41, 5.74) is 5.29. The molecule has 4 N–H and O–H groups in total. The highest BCUT2D eigenvalue weighted by atomic mass is 16.4. The Kier molecular flexibility index (Phi) is 5.59. The van der Waals surface area contributed by atoms with E-state index < -0.39 is 5.97 Å². The van der Waals surface area contributed by atoms with Crippen molar-refractivity contribution in [3.8, 4) is 0 Å². The van der Waals surface area contributed by atoms with E-state index >= 15 is 0 Å². The molecule has 0 saturated heterocycles. The van der Waals surface area contributed by atoms with Crippen LogP contribution in [0.3, 0.4) is 0 Å². The lowest BCUT2D eigenvalue weighted by molar-refractivity contribution is -0.137. The van der Waals surface area contributed by atoms with Crippen molar-refractivity contribution in [1.29, 1.82) is 0 Å². The Labute approximate surface area is 108 Å². The summed E-state index contributed by atoms with van der Waals surface area (Å²) in [4.78, 5) is 22.3. The molecule has 0 radical (unpaired) electrons. The molecule has 0 heterocycles. The Bertz CT molecular complexity index is 301. The topological polar surface area (TPSA) is 92.4 Å². The molecule has 1 atom stereocenters. The van der Waals surface area contributed by atoms with Gasteiger partial charge in [-0.15, -0.1) is 0 Å². The van der Waals surface area contributed by atoms with Crippen LogP contribution in [-0.2, 0) is 9.59 Å². The molecule has 18 heavy (non-hydrogen) atoms. The second-order valence-electron chi connectivity index (χ2n) is 5.24. The number of carbonyl (C=O) groups is 2. The summed E-state index contributed by atoms with van der Waals surface area (Å²) in [7, 11) is 0. The van der Waals surface area contributed by atoms with Crippen LogP contribution in [-0.4, -0.2) is 30.1 Å². The molecule has 1 aliphatic carbocycles. The summed E-state index contributed by atoms with van der Waals surface area (Å²) in [5.74, 6) is -0.315. The average molecular weight is 256 g/mol. The van der Waals surface area contributed by atoms with Crippen LogP contribution < -0.4 is 11.1 Å². The Hall–Kier alpha value is -1.10. The van der Waals surface area contributed by atoms with E-state index in [0.717, 1.165) is 25.7 Å². The van der Waals surface area contributed by atoms with Crippen molar-refractivity contribution in [3.05, 3.63) is 0 Å². The maximum atomic E-state index is 11.8. The van der Waals surface area contributed by atoms with Gasteiger partial charge in [0, 0.05) is 19.5 Å². The van der Waals surface area contributed by atoms with Gasteiger partial charge in [0.05, 0.1) is 5.41 Å². The number of nitrogens with one attached hydrogen (secondary N) is 1. The second-order valence-corrected chi connectivity index (χ2v) is 5.24. The van der Waals surface area contributed by atoms with Gasteiger partial charge >= 0.3 is 5.97 Å². The van der Waals surface area contributed by atoms with Gasteiger partial charge in [0.1, 0.15) is 0 Å². The van der Waals surface area contributed by atoms with E-state index in [4.69, 9.17) is 10.8 Å². The fourth-order valence-electron chi connectivity index (χ4n) is 2.13. The number of hydrogen-bond acceptors (Lipinski definition) is 3. The monoisotopic (exact) mass is 256 g/mol. The Morgan fingerprint density at radius 3 is 2.50 bits per heavy atom. The van der Waals surface area contributed by atoms with Crippen LogP contribution in [0.25, 0.3) is 0 Å². The molecule has 104 valence electrons. The average Bonchev–Trinajstić information content (AvgIpc) is 3.14. The third kappa shape index (κ3) is 4.29. The van der Waals surface area contributed by atoms with Crippen molar-refractivity contribution in [3.63, 3.8) is 0 Å². The first-order valence-corrected chi connectivity index (χ1v) is 6.74. The quantitative estimate of drug-likeness (QED) is 0.576. The summed E-state index contributed by atoms with van der Waals surface area (Å²) in [6.07, 6.45) is 4.47. The number of carboxylic acids is 1. The highest BCUT2D eigenvalue weighted by molar-refractivity contribution is 5.85. The molecule has 0 aliphatic heterocycles. The minimum atomic E-state index is -0.752. The van der Waals surface area contributed by atoms with Gasteiger partial charge in [0.25, 0.3) is 0 Å². The van der Waals surface area contributed by atoms with Gasteiger partial charge in [-0.1, -0.05) is 13.3 Å². The summed E-state index contributed by atoms with van der Waals surface area (Å²) in [6.45, 7) is 3.10. The lowest BCUT2D eigenvalue weighted by Crippen LogP contribution is -2.37. The minimum absolute atomic E-state index is 0.0677. The van der Waals surface area contributed by atoms with E-state index in [0.29, 0.717) is 25.4 Å². The molecule has 1 fully saturated rings. The molecule has 0 aromatic heterocycles. The first kappa shape index (κ1) is 15.0. The van der Waals surface area contributed by atoms with E-state index in [1.807, 2.05) is 0 Å². The summed E-state index contributed by atoms with van der Waals surface area (Å²) >= 11 is 0. The van der Waals surface area contributed by atoms with Crippen molar-refractivity contribution in [1.82, 2.24) is 5.32 Å². The van der Waals surface area contributed by atoms with Crippen molar-refractivity contribution < 1.29 is 14.7 Å². The number of aliphatic carboxylic acids is 1. The molecule has 1 saturated carbocycles. The van der Waals surface area contributed by atoms with Crippen molar-refractivity contribution in [2.75, 3.05) is 13.1 Å². The van der Waals surface area contributed by atoms with Gasteiger partial charge < -0.3 is 16.2 Å². The number of carbonyl (C=O) groups excluding carboxylic acids is 1. The van der Waals surface area contributed by atoms with Crippen molar-refractivity contribution in [2.45, 2.75) is 45.4 Å². The molecule has 1 unspecified atom stereocenters. The van der Waals surface area contributed by atoms with Gasteiger partial charge in [-0.2, -0.15) is 0 Å². The van der Waals surface area contributed by atoms with E-state index in [-0.39, 0.29) is 17.7 Å². The number of carboxylic acid groups (broad SMARTS) is 1. The number of amides is 1. The summed E-state index contributed by atoms with van der Waals surface area (Å²) in [5, 5.41) is 11.6. The van der Waals surface area contributed by atoms with Crippen molar-refractivity contribution >= 4 is 11.9 Å². The lowest BCUT2D eigenvalue weighted by atomic mass is 9.96. The third-order valence-electron chi connectivity index (χ3n) is 3.91. The molecule has 0 bridgehead atoms. The van der Waals surface area contributed by atoms with Gasteiger partial charge in [0.15, 0.2) is 0 Å². The largest absolute Gasteiger partial charge is 0.481 e. The second kappa shape index (κ2) is 6.73. The van der Waals surface area contributed by atoms with Crippen LogP contribution in [0.4, 0.5) is 0 Å². The summed E-state index contributed by atoms with van der Waals surface area (Å²) in [6, 6.07) is 0. The van der Waals surface area contributed by atoms with Gasteiger partial charge in [-0.3, -0.25) is 9.59 Å². The molecule has 5 nitrogen and oxygen atoms in total. The van der Waals surface area contributed by atoms with E-state index in [1.165, 1.54) is 0 Å². The molecule has 0 aromatic rings. The van der Waals surface area contributed by atoms with Crippen LogP contribution in [0.1, 0.15) is 45.4 Å². The van der Waals surface area contributed by atoms with E-state index in [9.17, 15) is 9.59 Å². The fraction of sp³-hybridized carbons (Fsp3) is 0.846. The van der Waals surface area contributed by atoms with Gasteiger partial charge in [-0.05, 0) is 31.6 Å². The maximum absolute atomic E-state index is 11.8. The SMILES string of the molecule is CCC(CCNC(=O)C1(CN)CC1)CCC(=O)O. The van der Waals surface area contributed by atoms with Crippen molar-refractivity contribution in [2.24, 2.45) is 17.1 Å². The smallest absolute Gasteiger partial charge is 0.303 e. The minimum Gasteiger partial charge on any atom is -0.481 e. The van der Waals surface area contributed by atoms with Crippen LogP contribution >= 0.6 is 0 Å². The van der Waals surface area contributed by atoms with E-state index in [1.54, 1.807) is 0 Å². The van der Waals surface area contributed by atoms with Gasteiger partial charge in [0.2, 0.25) is 5.91 Å². The molecule has 0 spiro atoms. The molecule has 1 rings (SSSR count). The molecule has 1 amide bonds.